The molecule has 3 rings (SSSR count). The number of piperazine rings is 1. The third-order valence-corrected chi connectivity index (χ3v) is 5.27. The second kappa shape index (κ2) is 9.72. The molecule has 1 aliphatic heterocycles. The van der Waals surface area contributed by atoms with E-state index in [4.69, 9.17) is 16.3 Å². The molecule has 27 heavy (non-hydrogen) atoms. The number of methoxy groups -OCH3 is 1. The van der Waals surface area contributed by atoms with E-state index in [1.54, 1.807) is 7.11 Å². The molecule has 0 saturated carbocycles. The Hall–Kier alpha value is -2.11. The molecule has 1 fully saturated rings. The summed E-state index contributed by atoms with van der Waals surface area (Å²) in [5.74, 6) is 0.775. The van der Waals surface area contributed by atoms with Crippen molar-refractivity contribution in [3.05, 3.63) is 59.0 Å². The van der Waals surface area contributed by atoms with Gasteiger partial charge in [-0.25, -0.2) is 0 Å². The summed E-state index contributed by atoms with van der Waals surface area (Å²) in [4.78, 5) is 4.81. The topological polar surface area (TPSA) is 50.8 Å². The van der Waals surface area contributed by atoms with Crippen LogP contribution >= 0.6 is 11.6 Å². The highest BCUT2D eigenvalue weighted by Gasteiger charge is 2.20. The Morgan fingerprint density at radius 2 is 1.89 bits per heavy atom. The molecule has 0 bridgehead atoms. The largest absolute Gasteiger partial charge is 0.860 e. The van der Waals surface area contributed by atoms with Crippen LogP contribution in [0.5, 0.6) is 5.75 Å². The van der Waals surface area contributed by atoms with Crippen LogP contribution < -0.4 is 20.1 Å². The smallest absolute Gasteiger partial charge is 0.160 e. The summed E-state index contributed by atoms with van der Waals surface area (Å²) in [6, 6.07) is 5.89. The SMILES string of the molecule is COc1c(Cl)cccc1N1CCN(CCCCNC([O-])=C2C=CC=C2)CC1. The summed E-state index contributed by atoms with van der Waals surface area (Å²) in [5.41, 5.74) is 1.81. The van der Waals surface area contributed by atoms with Gasteiger partial charge in [-0.2, -0.15) is 0 Å². The summed E-state index contributed by atoms with van der Waals surface area (Å²) in [6.45, 7) is 5.76. The van der Waals surface area contributed by atoms with Crippen LogP contribution in [0.3, 0.4) is 0 Å². The number of anilines is 1. The average molecular weight is 389 g/mol. The Kier molecular flexibility index (Phi) is 7.07. The first kappa shape index (κ1) is 19.6. The van der Waals surface area contributed by atoms with E-state index in [1.807, 2.05) is 36.4 Å². The number of hydrogen-bond donors (Lipinski definition) is 1. The number of rotatable bonds is 8. The lowest BCUT2D eigenvalue weighted by molar-refractivity contribution is -0.312. The molecule has 5 nitrogen and oxygen atoms in total. The van der Waals surface area contributed by atoms with Crippen molar-refractivity contribution in [2.75, 3.05) is 51.3 Å². The van der Waals surface area contributed by atoms with E-state index in [0.29, 0.717) is 5.02 Å². The lowest BCUT2D eigenvalue weighted by Gasteiger charge is -2.36. The van der Waals surface area contributed by atoms with Crippen molar-refractivity contribution in [3.63, 3.8) is 0 Å². The maximum Gasteiger partial charge on any atom is 0.160 e. The first-order chi connectivity index (χ1) is 13.2. The summed E-state index contributed by atoms with van der Waals surface area (Å²) in [6.07, 6.45) is 9.52. The van der Waals surface area contributed by atoms with Crippen LogP contribution in [0, 0.1) is 0 Å². The van der Waals surface area contributed by atoms with Crippen molar-refractivity contribution in [3.8, 4) is 5.75 Å². The quantitative estimate of drug-likeness (QED) is 0.548. The van der Waals surface area contributed by atoms with E-state index in [1.165, 1.54) is 0 Å². The fourth-order valence-electron chi connectivity index (χ4n) is 3.45. The van der Waals surface area contributed by atoms with Gasteiger partial charge in [0.1, 0.15) is 0 Å². The van der Waals surface area contributed by atoms with Gasteiger partial charge in [-0.1, -0.05) is 42.0 Å². The van der Waals surface area contributed by atoms with Crippen molar-refractivity contribution in [1.82, 2.24) is 10.2 Å². The van der Waals surface area contributed by atoms with Gasteiger partial charge in [0, 0.05) is 32.7 Å². The lowest BCUT2D eigenvalue weighted by atomic mass is 10.2. The Morgan fingerprint density at radius 1 is 1.15 bits per heavy atom. The molecular formula is C21H27ClN3O2-. The molecule has 1 N–H and O–H groups in total. The van der Waals surface area contributed by atoms with Gasteiger partial charge in [-0.3, -0.25) is 4.90 Å². The Bertz CT molecular complexity index is 708. The van der Waals surface area contributed by atoms with Crippen LogP contribution in [0.4, 0.5) is 5.69 Å². The van der Waals surface area contributed by atoms with Crippen LogP contribution in [0.25, 0.3) is 0 Å². The minimum Gasteiger partial charge on any atom is -0.860 e. The second-order valence-corrected chi connectivity index (χ2v) is 7.16. The van der Waals surface area contributed by atoms with Crippen molar-refractivity contribution < 1.29 is 9.84 Å². The van der Waals surface area contributed by atoms with E-state index >= 15 is 0 Å². The molecule has 0 atom stereocenters. The number of unbranched alkanes of at least 4 members (excludes halogenated alkanes) is 1. The predicted molar refractivity (Wildman–Crippen MR) is 109 cm³/mol. The second-order valence-electron chi connectivity index (χ2n) is 6.76. The molecule has 1 aliphatic carbocycles. The van der Waals surface area contributed by atoms with Gasteiger partial charge >= 0.3 is 0 Å². The highest BCUT2D eigenvalue weighted by molar-refractivity contribution is 6.32. The molecule has 1 heterocycles. The number of nitrogens with one attached hydrogen (secondary N) is 1. The van der Waals surface area contributed by atoms with Crippen LogP contribution in [-0.4, -0.2) is 51.3 Å². The van der Waals surface area contributed by atoms with Gasteiger partial charge in [0.05, 0.1) is 17.8 Å². The van der Waals surface area contributed by atoms with E-state index in [-0.39, 0.29) is 5.88 Å². The standard InChI is InChI=1S/C21H28ClN3O2/c1-27-20-18(22)9-6-10-19(20)25-15-13-24(14-16-25)12-5-4-11-23-21(26)17-7-2-3-8-17/h2-3,6-10,23,26H,4-5,11-16H2,1H3/p-1. The molecule has 0 amide bonds. The molecule has 0 radical (unpaired) electrons. The fourth-order valence-corrected chi connectivity index (χ4v) is 3.70. The van der Waals surface area contributed by atoms with Crippen molar-refractivity contribution in [2.24, 2.45) is 0 Å². The fraction of sp³-hybridized carbons (Fsp3) is 0.429. The lowest BCUT2D eigenvalue weighted by Crippen LogP contribution is -2.46. The number of para-hydroxylation sites is 1. The number of ether oxygens (including phenoxy) is 1. The van der Waals surface area contributed by atoms with Gasteiger partial charge in [-0.15, -0.1) is 0 Å². The average Bonchev–Trinajstić information content (AvgIpc) is 3.23. The van der Waals surface area contributed by atoms with E-state index in [0.717, 1.165) is 69.1 Å². The van der Waals surface area contributed by atoms with Crippen molar-refractivity contribution in [2.45, 2.75) is 12.8 Å². The van der Waals surface area contributed by atoms with E-state index in [9.17, 15) is 5.11 Å². The first-order valence-electron chi connectivity index (χ1n) is 9.49. The summed E-state index contributed by atoms with van der Waals surface area (Å²) in [5, 5.41) is 15.5. The first-order valence-corrected chi connectivity index (χ1v) is 9.86. The van der Waals surface area contributed by atoms with Crippen molar-refractivity contribution >= 4 is 17.3 Å². The van der Waals surface area contributed by atoms with Gasteiger partial charge in [0.2, 0.25) is 0 Å². The molecule has 0 aromatic heterocycles. The summed E-state index contributed by atoms with van der Waals surface area (Å²) in [7, 11) is 1.66. The van der Waals surface area contributed by atoms with Crippen molar-refractivity contribution in [1.29, 1.82) is 0 Å². The third-order valence-electron chi connectivity index (χ3n) is 4.97. The van der Waals surface area contributed by atoms with E-state index < -0.39 is 0 Å². The number of allylic oxidation sites excluding steroid dienone is 5. The zero-order chi connectivity index (χ0) is 19.1. The van der Waals surface area contributed by atoms with E-state index in [2.05, 4.69) is 21.2 Å². The number of benzene rings is 1. The Balaban J connectivity index is 1.36. The molecule has 1 aromatic rings. The molecule has 6 heteroatoms. The molecule has 2 aliphatic rings. The molecule has 0 spiro atoms. The predicted octanol–water partition coefficient (Wildman–Crippen LogP) is 2.54. The minimum absolute atomic E-state index is 0.0177. The van der Waals surface area contributed by atoms with Gasteiger partial charge in [0.15, 0.2) is 5.75 Å². The highest BCUT2D eigenvalue weighted by Crippen LogP contribution is 2.35. The Morgan fingerprint density at radius 3 is 2.59 bits per heavy atom. The Labute approximate surface area is 166 Å². The van der Waals surface area contributed by atoms with Crippen LogP contribution in [0.1, 0.15) is 12.8 Å². The zero-order valence-corrected chi connectivity index (χ0v) is 16.5. The van der Waals surface area contributed by atoms with Crippen LogP contribution in [-0.2, 0) is 0 Å². The molecule has 0 unspecified atom stereocenters. The molecule has 146 valence electrons. The monoisotopic (exact) mass is 388 g/mol. The number of hydrogen-bond acceptors (Lipinski definition) is 5. The number of nitrogens with zero attached hydrogens (tertiary/aromatic N) is 2. The minimum atomic E-state index is 0.0177. The van der Waals surface area contributed by atoms with Gasteiger partial charge < -0.3 is 20.1 Å². The van der Waals surface area contributed by atoms with Crippen LogP contribution in [0.15, 0.2) is 54.0 Å². The summed E-state index contributed by atoms with van der Waals surface area (Å²) < 4.78 is 5.47. The zero-order valence-electron chi connectivity index (χ0n) is 15.8. The molecular weight excluding hydrogens is 362 g/mol. The molecule has 1 aromatic carbocycles. The maximum absolute atomic E-state index is 11.9. The summed E-state index contributed by atoms with van der Waals surface area (Å²) >= 11 is 6.24. The molecule has 1 saturated heterocycles. The van der Waals surface area contributed by atoms with Gasteiger partial charge in [-0.05, 0) is 43.0 Å². The highest BCUT2D eigenvalue weighted by atomic mass is 35.5. The number of halogens is 1. The third kappa shape index (κ3) is 5.21. The van der Waals surface area contributed by atoms with Crippen LogP contribution in [0.2, 0.25) is 5.02 Å². The van der Waals surface area contributed by atoms with Gasteiger partial charge in [0.25, 0.3) is 0 Å². The normalized spacial score (nSPS) is 16.8. The maximum atomic E-state index is 11.9.